The Morgan fingerprint density at radius 3 is 2.88 bits per heavy atom. The van der Waals surface area contributed by atoms with Gasteiger partial charge in [-0.1, -0.05) is 6.42 Å². The van der Waals surface area contributed by atoms with E-state index >= 15 is 0 Å². The van der Waals surface area contributed by atoms with Gasteiger partial charge in [0.15, 0.2) is 0 Å². The van der Waals surface area contributed by atoms with Crippen molar-refractivity contribution in [3.05, 3.63) is 17.5 Å². The molecule has 1 aromatic heterocycles. The molecule has 0 spiro atoms. The fourth-order valence-electron chi connectivity index (χ4n) is 2.58. The standard InChI is InChI=1S/C13H21N3O/c17-9-11-7-13(12-3-1-2-6-14-12)15-16(11)8-10-4-5-10/h7,10,12,14,17H,1-6,8-9H2/t12-/m0/s1. The van der Waals surface area contributed by atoms with Crippen molar-refractivity contribution >= 4 is 0 Å². The van der Waals surface area contributed by atoms with Crippen molar-refractivity contribution < 1.29 is 5.11 Å². The van der Waals surface area contributed by atoms with Crippen LogP contribution in [0.4, 0.5) is 0 Å². The highest BCUT2D eigenvalue weighted by Crippen LogP contribution is 2.31. The molecule has 2 aliphatic rings. The lowest BCUT2D eigenvalue weighted by molar-refractivity contribution is 0.266. The first-order valence-corrected chi connectivity index (χ1v) is 6.77. The summed E-state index contributed by atoms with van der Waals surface area (Å²) in [7, 11) is 0. The molecule has 0 radical (unpaired) electrons. The molecule has 1 aromatic rings. The van der Waals surface area contributed by atoms with Gasteiger partial charge in [0, 0.05) is 6.54 Å². The van der Waals surface area contributed by atoms with E-state index in [-0.39, 0.29) is 6.61 Å². The topological polar surface area (TPSA) is 50.1 Å². The van der Waals surface area contributed by atoms with Crippen LogP contribution in [-0.4, -0.2) is 21.4 Å². The first-order chi connectivity index (χ1) is 8.36. The number of hydrogen-bond acceptors (Lipinski definition) is 3. The number of aliphatic hydroxyl groups is 1. The summed E-state index contributed by atoms with van der Waals surface area (Å²) in [6, 6.07) is 2.47. The molecule has 1 aliphatic carbocycles. The van der Waals surface area contributed by atoms with Crippen LogP contribution in [0.25, 0.3) is 0 Å². The second-order valence-electron chi connectivity index (χ2n) is 5.35. The van der Waals surface area contributed by atoms with Crippen LogP contribution in [0.3, 0.4) is 0 Å². The van der Waals surface area contributed by atoms with Crippen LogP contribution in [0.15, 0.2) is 6.07 Å². The van der Waals surface area contributed by atoms with Crippen LogP contribution in [0, 0.1) is 5.92 Å². The molecule has 2 fully saturated rings. The highest BCUT2D eigenvalue weighted by atomic mass is 16.3. The Hall–Kier alpha value is -0.870. The van der Waals surface area contributed by atoms with Crippen LogP contribution < -0.4 is 5.32 Å². The fraction of sp³-hybridized carbons (Fsp3) is 0.769. The van der Waals surface area contributed by atoms with Crippen molar-refractivity contribution in [3.8, 4) is 0 Å². The minimum absolute atomic E-state index is 0.104. The van der Waals surface area contributed by atoms with E-state index in [0.29, 0.717) is 6.04 Å². The second kappa shape index (κ2) is 4.78. The third-order valence-electron chi connectivity index (χ3n) is 3.84. The van der Waals surface area contributed by atoms with E-state index in [1.807, 2.05) is 4.68 Å². The predicted octanol–water partition coefficient (Wildman–Crippen LogP) is 1.60. The van der Waals surface area contributed by atoms with Crippen LogP contribution in [0.2, 0.25) is 0 Å². The smallest absolute Gasteiger partial charge is 0.0849 e. The van der Waals surface area contributed by atoms with Gasteiger partial charge in [0.25, 0.3) is 0 Å². The lowest BCUT2D eigenvalue weighted by Gasteiger charge is -2.21. The van der Waals surface area contributed by atoms with Crippen molar-refractivity contribution in [1.29, 1.82) is 0 Å². The van der Waals surface area contributed by atoms with Gasteiger partial charge in [0.1, 0.15) is 0 Å². The molecule has 1 saturated carbocycles. The molecule has 4 nitrogen and oxygen atoms in total. The number of aliphatic hydroxyl groups excluding tert-OH is 1. The molecule has 2 heterocycles. The number of aromatic nitrogens is 2. The minimum Gasteiger partial charge on any atom is -0.390 e. The Balaban J connectivity index is 1.76. The van der Waals surface area contributed by atoms with E-state index in [4.69, 9.17) is 0 Å². The SMILES string of the molecule is OCc1cc([C@@H]2CCCCN2)nn1CC1CC1. The zero-order valence-electron chi connectivity index (χ0n) is 10.2. The summed E-state index contributed by atoms with van der Waals surface area (Å²) in [6.07, 6.45) is 6.36. The van der Waals surface area contributed by atoms with Crippen molar-refractivity contribution in [2.75, 3.05) is 6.54 Å². The van der Waals surface area contributed by atoms with Crippen molar-refractivity contribution in [2.24, 2.45) is 5.92 Å². The maximum absolute atomic E-state index is 9.38. The van der Waals surface area contributed by atoms with Gasteiger partial charge in [-0.05, 0) is 44.2 Å². The third-order valence-corrected chi connectivity index (χ3v) is 3.84. The lowest BCUT2D eigenvalue weighted by atomic mass is 10.0. The van der Waals surface area contributed by atoms with Crippen molar-refractivity contribution in [1.82, 2.24) is 15.1 Å². The van der Waals surface area contributed by atoms with Gasteiger partial charge >= 0.3 is 0 Å². The highest BCUT2D eigenvalue weighted by molar-refractivity contribution is 5.14. The normalized spacial score (nSPS) is 25.1. The first kappa shape index (κ1) is 11.2. The lowest BCUT2D eigenvalue weighted by Crippen LogP contribution is -2.27. The average Bonchev–Trinajstić information content (AvgIpc) is 3.09. The zero-order valence-corrected chi connectivity index (χ0v) is 10.2. The molecule has 3 rings (SSSR count). The number of hydrogen-bond donors (Lipinski definition) is 2. The van der Waals surface area contributed by atoms with Gasteiger partial charge in [-0.2, -0.15) is 5.10 Å². The molecular weight excluding hydrogens is 214 g/mol. The summed E-state index contributed by atoms with van der Waals surface area (Å²) in [5.41, 5.74) is 2.09. The molecule has 0 aromatic carbocycles. The second-order valence-corrected chi connectivity index (χ2v) is 5.35. The maximum Gasteiger partial charge on any atom is 0.0849 e. The zero-order chi connectivity index (χ0) is 11.7. The summed E-state index contributed by atoms with van der Waals surface area (Å²) < 4.78 is 2.02. The largest absolute Gasteiger partial charge is 0.390 e. The molecule has 2 N–H and O–H groups in total. The van der Waals surface area contributed by atoms with Gasteiger partial charge < -0.3 is 10.4 Å². The van der Waals surface area contributed by atoms with Crippen molar-refractivity contribution in [3.63, 3.8) is 0 Å². The molecule has 0 unspecified atom stereocenters. The van der Waals surface area contributed by atoms with E-state index < -0.39 is 0 Å². The van der Waals surface area contributed by atoms with Crippen molar-refractivity contribution in [2.45, 2.75) is 51.3 Å². The van der Waals surface area contributed by atoms with Crippen LogP contribution in [0.5, 0.6) is 0 Å². The summed E-state index contributed by atoms with van der Waals surface area (Å²) in [4.78, 5) is 0. The highest BCUT2D eigenvalue weighted by Gasteiger charge is 2.25. The summed E-state index contributed by atoms with van der Waals surface area (Å²) in [5.74, 6) is 0.798. The molecule has 4 heteroatoms. The van der Waals surface area contributed by atoms with Gasteiger partial charge in [-0.3, -0.25) is 4.68 Å². The van der Waals surface area contributed by atoms with E-state index in [0.717, 1.165) is 30.4 Å². The summed E-state index contributed by atoms with van der Waals surface area (Å²) >= 11 is 0. The van der Waals surface area contributed by atoms with Crippen LogP contribution >= 0.6 is 0 Å². The Bertz CT molecular complexity index is 378. The molecular formula is C13H21N3O. The van der Waals surface area contributed by atoms with Gasteiger partial charge in [0.05, 0.1) is 24.0 Å². The van der Waals surface area contributed by atoms with E-state index in [2.05, 4.69) is 16.5 Å². The van der Waals surface area contributed by atoms with E-state index in [1.54, 1.807) is 0 Å². The Morgan fingerprint density at radius 1 is 1.35 bits per heavy atom. The summed E-state index contributed by atoms with van der Waals surface area (Å²) in [6.45, 7) is 2.18. The van der Waals surface area contributed by atoms with Gasteiger partial charge in [0.2, 0.25) is 0 Å². The number of piperidine rings is 1. The summed E-state index contributed by atoms with van der Waals surface area (Å²) in [5, 5.41) is 17.6. The van der Waals surface area contributed by atoms with E-state index in [1.165, 1.54) is 32.1 Å². The molecule has 94 valence electrons. The fourth-order valence-corrected chi connectivity index (χ4v) is 2.58. The molecule has 1 saturated heterocycles. The Morgan fingerprint density at radius 2 is 2.24 bits per heavy atom. The Kier molecular flexibility index (Phi) is 3.16. The maximum atomic E-state index is 9.38. The minimum atomic E-state index is 0.104. The monoisotopic (exact) mass is 235 g/mol. The molecule has 1 atom stereocenters. The van der Waals surface area contributed by atoms with Gasteiger partial charge in [-0.15, -0.1) is 0 Å². The number of rotatable bonds is 4. The Labute approximate surface area is 102 Å². The van der Waals surface area contributed by atoms with Crippen LogP contribution in [0.1, 0.15) is 49.5 Å². The van der Waals surface area contributed by atoms with Gasteiger partial charge in [-0.25, -0.2) is 0 Å². The molecule has 0 bridgehead atoms. The predicted molar refractivity (Wildman–Crippen MR) is 65.5 cm³/mol. The number of nitrogens with zero attached hydrogens (tertiary/aromatic N) is 2. The molecule has 0 amide bonds. The third kappa shape index (κ3) is 2.53. The molecule has 1 aliphatic heterocycles. The van der Waals surface area contributed by atoms with E-state index in [9.17, 15) is 5.11 Å². The quantitative estimate of drug-likeness (QED) is 0.833. The molecule has 17 heavy (non-hydrogen) atoms. The first-order valence-electron chi connectivity index (χ1n) is 6.77. The average molecular weight is 235 g/mol. The van der Waals surface area contributed by atoms with Crippen LogP contribution in [-0.2, 0) is 13.2 Å². The number of nitrogens with one attached hydrogen (secondary N) is 1.